The maximum Gasteiger partial charge on any atom is 0.236 e. The van der Waals surface area contributed by atoms with E-state index in [1.807, 2.05) is 35.7 Å². The number of amides is 1. The summed E-state index contributed by atoms with van der Waals surface area (Å²) in [6, 6.07) is 13.5. The van der Waals surface area contributed by atoms with E-state index in [9.17, 15) is 9.90 Å². The number of amidine groups is 1. The van der Waals surface area contributed by atoms with Crippen LogP contribution in [0.1, 0.15) is 35.3 Å². The van der Waals surface area contributed by atoms with E-state index < -0.39 is 11.3 Å². The molecule has 1 aromatic carbocycles. The molecule has 1 saturated heterocycles. The highest BCUT2D eigenvalue weighted by Crippen LogP contribution is 2.49. The third-order valence-corrected chi connectivity index (χ3v) is 7.64. The smallest absolute Gasteiger partial charge is 0.236 e. The zero-order valence-corrected chi connectivity index (χ0v) is 18.6. The fourth-order valence-electron chi connectivity index (χ4n) is 4.57. The van der Waals surface area contributed by atoms with Crippen LogP contribution >= 0.6 is 11.3 Å². The number of piperidine rings is 1. The second-order valence-electron chi connectivity index (χ2n) is 8.50. The molecule has 0 bridgehead atoms. The van der Waals surface area contributed by atoms with Gasteiger partial charge < -0.3 is 14.4 Å². The van der Waals surface area contributed by atoms with E-state index in [-0.39, 0.29) is 12.5 Å². The highest BCUT2D eigenvalue weighted by molar-refractivity contribution is 7.10. The lowest BCUT2D eigenvalue weighted by atomic mass is 9.67. The Labute approximate surface area is 189 Å². The molecule has 0 aliphatic carbocycles. The SMILES string of the molecule is CN1C(=N)C[C@](C)(c2cc(-c3cc(CO)ccn3)cs2)C(c2ccc3occc3c2)C1=O. The number of thiophene rings is 1. The molecule has 4 aromatic rings. The van der Waals surface area contributed by atoms with Crippen molar-refractivity contribution in [3.8, 4) is 11.3 Å². The highest BCUT2D eigenvalue weighted by Gasteiger charge is 2.49. The molecule has 3 aromatic heterocycles. The van der Waals surface area contributed by atoms with E-state index >= 15 is 0 Å². The number of aliphatic hydroxyl groups is 1. The zero-order valence-electron chi connectivity index (χ0n) is 17.8. The van der Waals surface area contributed by atoms with Crippen molar-refractivity contribution in [3.05, 3.63) is 76.3 Å². The van der Waals surface area contributed by atoms with Gasteiger partial charge in [-0.15, -0.1) is 11.3 Å². The van der Waals surface area contributed by atoms with Gasteiger partial charge in [0.15, 0.2) is 0 Å². The summed E-state index contributed by atoms with van der Waals surface area (Å²) < 4.78 is 5.48. The lowest BCUT2D eigenvalue weighted by molar-refractivity contribution is -0.131. The van der Waals surface area contributed by atoms with Gasteiger partial charge in [0.05, 0.1) is 24.5 Å². The van der Waals surface area contributed by atoms with Crippen LogP contribution in [0.15, 0.2) is 64.7 Å². The lowest BCUT2D eigenvalue weighted by Crippen LogP contribution is -2.51. The van der Waals surface area contributed by atoms with Gasteiger partial charge in [-0.1, -0.05) is 13.0 Å². The number of carbonyl (C=O) groups excluding carboxylic acids is 1. The average Bonchev–Trinajstić information content (AvgIpc) is 3.47. The minimum Gasteiger partial charge on any atom is -0.464 e. The predicted octanol–water partition coefficient (Wildman–Crippen LogP) is 4.93. The summed E-state index contributed by atoms with van der Waals surface area (Å²) in [5.41, 5.74) is 3.66. The van der Waals surface area contributed by atoms with E-state index in [4.69, 9.17) is 9.83 Å². The van der Waals surface area contributed by atoms with Crippen LogP contribution < -0.4 is 0 Å². The Bertz CT molecular complexity index is 1340. The first-order valence-electron chi connectivity index (χ1n) is 10.4. The summed E-state index contributed by atoms with van der Waals surface area (Å²) >= 11 is 1.58. The van der Waals surface area contributed by atoms with Crippen molar-refractivity contribution < 1.29 is 14.3 Å². The number of nitrogens with one attached hydrogen (secondary N) is 1. The third kappa shape index (κ3) is 3.25. The number of hydrogen-bond donors (Lipinski definition) is 2. The van der Waals surface area contributed by atoms with Crippen LogP contribution in [0.4, 0.5) is 0 Å². The van der Waals surface area contributed by atoms with Crippen LogP contribution in [0.3, 0.4) is 0 Å². The Morgan fingerprint density at radius 3 is 2.94 bits per heavy atom. The van der Waals surface area contributed by atoms with E-state index in [1.165, 1.54) is 4.90 Å². The Hall–Kier alpha value is -3.29. The highest BCUT2D eigenvalue weighted by atomic mass is 32.1. The molecule has 1 aliphatic heterocycles. The number of hydrogen-bond acceptors (Lipinski definition) is 6. The largest absolute Gasteiger partial charge is 0.464 e. The van der Waals surface area contributed by atoms with E-state index in [0.717, 1.165) is 38.2 Å². The monoisotopic (exact) mass is 445 g/mol. The summed E-state index contributed by atoms with van der Waals surface area (Å²) in [4.78, 5) is 20.4. The number of aromatic nitrogens is 1. The minimum atomic E-state index is -0.574. The number of benzene rings is 1. The van der Waals surface area contributed by atoms with Crippen LogP contribution in [0.25, 0.3) is 22.2 Å². The predicted molar refractivity (Wildman–Crippen MR) is 125 cm³/mol. The number of likely N-dealkylation sites (tertiary alicyclic amines) is 1. The molecule has 6 nitrogen and oxygen atoms in total. The normalized spacial score (nSPS) is 21.5. The molecule has 5 rings (SSSR count). The molecule has 1 fully saturated rings. The number of likely N-dealkylation sites (N-methyl/N-ethyl adjacent to an activating group) is 1. The van der Waals surface area contributed by atoms with Crippen molar-refractivity contribution in [2.75, 3.05) is 7.05 Å². The zero-order chi connectivity index (χ0) is 22.5. The molecule has 0 saturated carbocycles. The standard InChI is InChI=1S/C25H23N3O3S/c1-25(21-11-18(14-32-21)19-9-15(13-29)5-7-27-19)12-22(26)28(2)24(30)23(25)17-3-4-20-16(10-17)6-8-31-20/h3-11,14,23,26,29H,12-13H2,1-2H3/t23?,25-/m1/s1. The van der Waals surface area contributed by atoms with Crippen molar-refractivity contribution in [3.63, 3.8) is 0 Å². The fraction of sp³-hybridized carbons (Fsp3) is 0.240. The van der Waals surface area contributed by atoms with Crippen LogP contribution in [0, 0.1) is 5.41 Å². The van der Waals surface area contributed by atoms with Gasteiger partial charge in [-0.3, -0.25) is 15.2 Å². The van der Waals surface area contributed by atoms with Crippen molar-refractivity contribution in [2.24, 2.45) is 0 Å². The van der Waals surface area contributed by atoms with E-state index in [2.05, 4.69) is 18.0 Å². The molecule has 1 amide bonds. The Kier molecular flexibility index (Phi) is 4.95. The number of pyridine rings is 1. The van der Waals surface area contributed by atoms with Crippen molar-refractivity contribution >= 4 is 34.0 Å². The topological polar surface area (TPSA) is 90.4 Å². The number of nitrogens with zero attached hydrogens (tertiary/aromatic N) is 2. The molecule has 0 radical (unpaired) electrons. The fourth-order valence-corrected chi connectivity index (χ4v) is 5.67. The van der Waals surface area contributed by atoms with Gasteiger partial charge in [0, 0.05) is 46.3 Å². The summed E-state index contributed by atoms with van der Waals surface area (Å²) in [6.45, 7) is 2.03. The molecule has 0 spiro atoms. The van der Waals surface area contributed by atoms with Crippen LogP contribution in [0.2, 0.25) is 0 Å². The summed E-state index contributed by atoms with van der Waals surface area (Å²) in [7, 11) is 1.68. The summed E-state index contributed by atoms with van der Waals surface area (Å²) in [6.07, 6.45) is 3.79. The number of fused-ring (bicyclic) bond motifs is 1. The van der Waals surface area contributed by atoms with Crippen LogP contribution in [0.5, 0.6) is 0 Å². The Balaban J connectivity index is 1.61. The quantitative estimate of drug-likeness (QED) is 0.466. The van der Waals surface area contributed by atoms with Gasteiger partial charge in [-0.2, -0.15) is 0 Å². The number of carbonyl (C=O) groups is 1. The maximum absolute atomic E-state index is 13.5. The number of aliphatic hydroxyl groups excluding tert-OH is 1. The molecule has 2 N–H and O–H groups in total. The average molecular weight is 446 g/mol. The van der Waals surface area contributed by atoms with Gasteiger partial charge >= 0.3 is 0 Å². The molecule has 1 aliphatic rings. The second kappa shape index (κ2) is 7.69. The van der Waals surface area contributed by atoms with Gasteiger partial charge in [0.25, 0.3) is 0 Å². The minimum absolute atomic E-state index is 0.0409. The van der Waals surface area contributed by atoms with Gasteiger partial charge in [-0.05, 0) is 47.5 Å². The van der Waals surface area contributed by atoms with Crippen molar-refractivity contribution in [1.29, 1.82) is 5.41 Å². The summed E-state index contributed by atoms with van der Waals surface area (Å²) in [5.74, 6) is -0.195. The van der Waals surface area contributed by atoms with Crippen LogP contribution in [-0.4, -0.2) is 33.8 Å². The Morgan fingerprint density at radius 1 is 1.28 bits per heavy atom. The molecule has 162 valence electrons. The third-order valence-electron chi connectivity index (χ3n) is 6.43. The first-order chi connectivity index (χ1) is 15.4. The maximum atomic E-state index is 13.5. The molecule has 32 heavy (non-hydrogen) atoms. The van der Waals surface area contributed by atoms with Crippen LogP contribution in [-0.2, 0) is 16.8 Å². The molecule has 1 unspecified atom stereocenters. The van der Waals surface area contributed by atoms with Gasteiger partial charge in [0.2, 0.25) is 5.91 Å². The lowest BCUT2D eigenvalue weighted by Gasteiger charge is -2.44. The molecular weight excluding hydrogens is 422 g/mol. The van der Waals surface area contributed by atoms with Gasteiger partial charge in [-0.25, -0.2) is 0 Å². The molecule has 4 heterocycles. The van der Waals surface area contributed by atoms with E-state index in [0.29, 0.717) is 12.3 Å². The first-order valence-corrected chi connectivity index (χ1v) is 11.3. The van der Waals surface area contributed by atoms with E-state index in [1.54, 1.807) is 36.9 Å². The van der Waals surface area contributed by atoms with Crippen molar-refractivity contribution in [1.82, 2.24) is 9.88 Å². The van der Waals surface area contributed by atoms with Gasteiger partial charge in [0.1, 0.15) is 11.4 Å². The first kappa shape index (κ1) is 20.6. The summed E-state index contributed by atoms with van der Waals surface area (Å²) in [5, 5.41) is 20.9. The molecule has 7 heteroatoms. The molecule has 2 atom stereocenters. The number of rotatable bonds is 4. The second-order valence-corrected chi connectivity index (χ2v) is 9.41. The molecular formula is C25H23N3O3S. The Morgan fingerprint density at radius 2 is 2.12 bits per heavy atom. The van der Waals surface area contributed by atoms with Crippen molar-refractivity contribution in [2.45, 2.75) is 31.3 Å². The number of furan rings is 1.